The number of nitrogens with zero attached hydrogens (tertiary/aromatic N) is 1. The second kappa shape index (κ2) is 4.46. The van der Waals surface area contributed by atoms with Crippen molar-refractivity contribution in [2.24, 2.45) is 5.73 Å². The van der Waals surface area contributed by atoms with E-state index >= 15 is 0 Å². The van der Waals surface area contributed by atoms with E-state index in [1.165, 1.54) is 49.2 Å². The van der Waals surface area contributed by atoms with Crippen LogP contribution in [0.1, 0.15) is 43.0 Å². The van der Waals surface area contributed by atoms with E-state index in [1.54, 1.807) is 0 Å². The standard InChI is InChI=1S/C13H20N2S/c14-12-4-1-5-13-11(12)6-7-15(13)9-10-3-2-8-16-10/h6-7,10,12H,1-5,8-9,14H2. The summed E-state index contributed by atoms with van der Waals surface area (Å²) in [6, 6.07) is 2.54. The van der Waals surface area contributed by atoms with E-state index in [2.05, 4.69) is 28.6 Å². The molecule has 2 aliphatic rings. The van der Waals surface area contributed by atoms with Gasteiger partial charge < -0.3 is 10.3 Å². The third-order valence-electron chi connectivity index (χ3n) is 3.87. The van der Waals surface area contributed by atoms with Crippen molar-refractivity contribution in [3.05, 3.63) is 23.5 Å². The van der Waals surface area contributed by atoms with Gasteiger partial charge in [-0.25, -0.2) is 0 Å². The summed E-state index contributed by atoms with van der Waals surface area (Å²) in [5.41, 5.74) is 9.08. The number of rotatable bonds is 2. The third kappa shape index (κ3) is 1.91. The van der Waals surface area contributed by atoms with Crippen LogP contribution in [0.4, 0.5) is 0 Å². The van der Waals surface area contributed by atoms with Gasteiger partial charge >= 0.3 is 0 Å². The Balaban J connectivity index is 1.79. The summed E-state index contributed by atoms with van der Waals surface area (Å²) in [5, 5.41) is 0.842. The van der Waals surface area contributed by atoms with Gasteiger partial charge in [0.05, 0.1) is 0 Å². The van der Waals surface area contributed by atoms with Gasteiger partial charge in [0.2, 0.25) is 0 Å². The van der Waals surface area contributed by atoms with Crippen molar-refractivity contribution >= 4 is 11.8 Å². The lowest BCUT2D eigenvalue weighted by Gasteiger charge is -2.22. The Labute approximate surface area is 102 Å². The molecule has 1 saturated heterocycles. The highest BCUT2D eigenvalue weighted by Crippen LogP contribution is 2.32. The monoisotopic (exact) mass is 236 g/mol. The van der Waals surface area contributed by atoms with Gasteiger partial charge in [-0.1, -0.05) is 0 Å². The van der Waals surface area contributed by atoms with Gasteiger partial charge in [0.25, 0.3) is 0 Å². The molecule has 0 aromatic carbocycles. The molecule has 1 fully saturated rings. The van der Waals surface area contributed by atoms with Crippen LogP contribution in [0, 0.1) is 0 Å². The molecule has 2 N–H and O–H groups in total. The molecule has 1 aliphatic heterocycles. The second-order valence-corrected chi connectivity index (χ2v) is 6.41. The van der Waals surface area contributed by atoms with Crippen LogP contribution in [0.2, 0.25) is 0 Å². The van der Waals surface area contributed by atoms with E-state index in [0.717, 1.165) is 11.7 Å². The number of fused-ring (bicyclic) bond motifs is 1. The van der Waals surface area contributed by atoms with Crippen LogP contribution in [0.3, 0.4) is 0 Å². The van der Waals surface area contributed by atoms with Gasteiger partial charge in [0, 0.05) is 29.7 Å². The summed E-state index contributed by atoms with van der Waals surface area (Å²) in [6.45, 7) is 1.20. The fourth-order valence-electron chi connectivity index (χ4n) is 2.97. The Morgan fingerprint density at radius 3 is 3.12 bits per heavy atom. The van der Waals surface area contributed by atoms with Crippen LogP contribution in [-0.4, -0.2) is 15.6 Å². The van der Waals surface area contributed by atoms with E-state index < -0.39 is 0 Å². The van der Waals surface area contributed by atoms with Gasteiger partial charge in [-0.3, -0.25) is 0 Å². The smallest absolute Gasteiger partial charge is 0.0341 e. The van der Waals surface area contributed by atoms with Gasteiger partial charge in [-0.15, -0.1) is 0 Å². The first-order valence-corrected chi connectivity index (χ1v) is 7.44. The zero-order chi connectivity index (χ0) is 11.0. The maximum absolute atomic E-state index is 6.15. The Hall–Kier alpha value is -0.410. The molecular weight excluding hydrogens is 216 g/mol. The zero-order valence-corrected chi connectivity index (χ0v) is 10.5. The molecule has 0 radical (unpaired) electrons. The lowest BCUT2D eigenvalue weighted by molar-refractivity contribution is 0.532. The highest BCUT2D eigenvalue weighted by Gasteiger charge is 2.22. The molecule has 0 spiro atoms. The fourth-order valence-corrected chi connectivity index (χ4v) is 4.24. The molecule has 0 saturated carbocycles. The van der Waals surface area contributed by atoms with Gasteiger partial charge in [-0.2, -0.15) is 11.8 Å². The van der Waals surface area contributed by atoms with Crippen molar-refractivity contribution in [1.82, 2.24) is 4.57 Å². The minimum absolute atomic E-state index is 0.293. The first kappa shape index (κ1) is 10.7. The van der Waals surface area contributed by atoms with E-state index in [-0.39, 0.29) is 0 Å². The Morgan fingerprint density at radius 2 is 2.31 bits per heavy atom. The highest BCUT2D eigenvalue weighted by molar-refractivity contribution is 8.00. The highest BCUT2D eigenvalue weighted by atomic mass is 32.2. The van der Waals surface area contributed by atoms with E-state index in [4.69, 9.17) is 5.73 Å². The van der Waals surface area contributed by atoms with Crippen molar-refractivity contribution in [3.63, 3.8) is 0 Å². The first-order chi connectivity index (χ1) is 7.84. The fraction of sp³-hybridized carbons (Fsp3) is 0.692. The van der Waals surface area contributed by atoms with Gasteiger partial charge in [0.1, 0.15) is 0 Å². The summed E-state index contributed by atoms with van der Waals surface area (Å²) >= 11 is 2.14. The molecular formula is C13H20N2S. The molecule has 2 heterocycles. The number of nitrogens with two attached hydrogens (primary N) is 1. The largest absolute Gasteiger partial charge is 0.350 e. The molecule has 3 heteroatoms. The molecule has 1 aromatic heterocycles. The summed E-state index contributed by atoms with van der Waals surface area (Å²) in [7, 11) is 0. The maximum atomic E-state index is 6.15. The molecule has 0 bridgehead atoms. The molecule has 0 amide bonds. The van der Waals surface area contributed by atoms with Crippen molar-refractivity contribution in [2.75, 3.05) is 5.75 Å². The lowest BCUT2D eigenvalue weighted by Crippen LogP contribution is -2.19. The number of hydrogen-bond acceptors (Lipinski definition) is 2. The van der Waals surface area contributed by atoms with E-state index in [1.807, 2.05) is 0 Å². The molecule has 2 unspecified atom stereocenters. The second-order valence-electron chi connectivity index (χ2n) is 5.00. The quantitative estimate of drug-likeness (QED) is 0.856. The maximum Gasteiger partial charge on any atom is 0.0341 e. The van der Waals surface area contributed by atoms with Crippen LogP contribution in [0.5, 0.6) is 0 Å². The molecule has 1 aliphatic carbocycles. The Morgan fingerprint density at radius 1 is 1.38 bits per heavy atom. The summed E-state index contributed by atoms with van der Waals surface area (Å²) in [5.74, 6) is 1.35. The topological polar surface area (TPSA) is 30.9 Å². The molecule has 3 rings (SSSR count). The SMILES string of the molecule is NC1CCCc2c1ccn2CC1CCCS1. The molecule has 2 nitrogen and oxygen atoms in total. The average Bonchev–Trinajstić information content (AvgIpc) is 2.90. The molecule has 88 valence electrons. The number of aromatic nitrogens is 1. The molecule has 2 atom stereocenters. The van der Waals surface area contributed by atoms with E-state index in [9.17, 15) is 0 Å². The number of hydrogen-bond donors (Lipinski definition) is 1. The van der Waals surface area contributed by atoms with Crippen LogP contribution in [0.15, 0.2) is 12.3 Å². The Kier molecular flexibility index (Phi) is 2.99. The average molecular weight is 236 g/mol. The van der Waals surface area contributed by atoms with Crippen LogP contribution < -0.4 is 5.73 Å². The van der Waals surface area contributed by atoms with Crippen molar-refractivity contribution in [1.29, 1.82) is 0 Å². The van der Waals surface area contributed by atoms with Crippen molar-refractivity contribution < 1.29 is 0 Å². The summed E-state index contributed by atoms with van der Waals surface area (Å²) in [4.78, 5) is 0. The van der Waals surface area contributed by atoms with Gasteiger partial charge in [-0.05, 0) is 49.5 Å². The Bertz CT molecular complexity index is 366. The van der Waals surface area contributed by atoms with Crippen LogP contribution in [0.25, 0.3) is 0 Å². The predicted octanol–water partition coefficient (Wildman–Crippen LogP) is 2.72. The number of thioether (sulfide) groups is 1. The lowest BCUT2D eigenvalue weighted by atomic mass is 9.93. The third-order valence-corrected chi connectivity index (χ3v) is 5.25. The minimum atomic E-state index is 0.293. The van der Waals surface area contributed by atoms with Crippen LogP contribution >= 0.6 is 11.8 Å². The molecule has 16 heavy (non-hydrogen) atoms. The normalized spacial score (nSPS) is 29.3. The van der Waals surface area contributed by atoms with Crippen molar-refractivity contribution in [2.45, 2.75) is 49.9 Å². The van der Waals surface area contributed by atoms with Gasteiger partial charge in [0.15, 0.2) is 0 Å². The summed E-state index contributed by atoms with van der Waals surface area (Å²) in [6.07, 6.45) is 8.70. The van der Waals surface area contributed by atoms with E-state index in [0.29, 0.717) is 6.04 Å². The summed E-state index contributed by atoms with van der Waals surface area (Å²) < 4.78 is 2.47. The van der Waals surface area contributed by atoms with Crippen molar-refractivity contribution in [3.8, 4) is 0 Å². The molecule has 1 aromatic rings. The minimum Gasteiger partial charge on any atom is -0.350 e. The zero-order valence-electron chi connectivity index (χ0n) is 9.69. The van der Waals surface area contributed by atoms with Crippen LogP contribution in [-0.2, 0) is 13.0 Å². The first-order valence-electron chi connectivity index (χ1n) is 6.39. The predicted molar refractivity (Wildman–Crippen MR) is 69.8 cm³/mol.